The zero-order chi connectivity index (χ0) is 18.6. The first-order valence-electron chi connectivity index (χ1n) is 9.10. The maximum atomic E-state index is 5.27. The van der Waals surface area contributed by atoms with Crippen LogP contribution in [0.3, 0.4) is 0 Å². The summed E-state index contributed by atoms with van der Waals surface area (Å²) in [6.45, 7) is 2.74. The van der Waals surface area contributed by atoms with Crippen LogP contribution in [0.1, 0.15) is 17.3 Å². The van der Waals surface area contributed by atoms with Crippen molar-refractivity contribution in [3.8, 4) is 5.75 Å². The van der Waals surface area contributed by atoms with Crippen LogP contribution in [0.15, 0.2) is 60.1 Å². The second kappa shape index (κ2) is 7.85. The van der Waals surface area contributed by atoms with Crippen molar-refractivity contribution in [2.45, 2.75) is 12.3 Å². The molecule has 2 aliphatic rings. The van der Waals surface area contributed by atoms with Crippen LogP contribution in [0.25, 0.3) is 0 Å². The Morgan fingerprint density at radius 2 is 2.04 bits per heavy atom. The van der Waals surface area contributed by atoms with E-state index in [2.05, 4.69) is 50.5 Å². The van der Waals surface area contributed by atoms with E-state index < -0.39 is 0 Å². The number of rotatable bonds is 4. The maximum absolute atomic E-state index is 5.27. The van der Waals surface area contributed by atoms with E-state index in [9.17, 15) is 0 Å². The SMILES string of the molecule is COc1ccc(C2CN(C3N=C(c4ccncn4)C=CN3C)CCN2)cc1. The number of nitrogens with zero attached hydrogens (tertiary/aromatic N) is 5. The van der Waals surface area contributed by atoms with Gasteiger partial charge >= 0.3 is 0 Å². The summed E-state index contributed by atoms with van der Waals surface area (Å²) in [5.74, 6) is 0.877. The Morgan fingerprint density at radius 1 is 1.19 bits per heavy atom. The molecule has 140 valence electrons. The molecular weight excluding hydrogens is 340 g/mol. The van der Waals surface area contributed by atoms with E-state index in [1.807, 2.05) is 24.3 Å². The molecule has 7 heteroatoms. The highest BCUT2D eigenvalue weighted by Crippen LogP contribution is 2.23. The lowest BCUT2D eigenvalue weighted by molar-refractivity contribution is 0.0683. The van der Waals surface area contributed by atoms with Crippen molar-refractivity contribution in [2.75, 3.05) is 33.8 Å². The molecule has 0 saturated carbocycles. The molecular formula is C20H24N6O. The number of piperazine rings is 1. The second-order valence-corrected chi connectivity index (χ2v) is 6.71. The van der Waals surface area contributed by atoms with Crippen LogP contribution in [-0.4, -0.2) is 65.6 Å². The third kappa shape index (κ3) is 3.84. The summed E-state index contributed by atoms with van der Waals surface area (Å²) >= 11 is 0. The molecule has 1 N–H and O–H groups in total. The van der Waals surface area contributed by atoms with Crippen LogP contribution in [0.5, 0.6) is 5.75 Å². The lowest BCUT2D eigenvalue weighted by atomic mass is 10.0. The minimum atomic E-state index is -0.0391. The normalized spacial score (nSPS) is 23.2. The molecule has 2 aromatic rings. The molecule has 1 aromatic carbocycles. The minimum Gasteiger partial charge on any atom is -0.497 e. The molecule has 1 fully saturated rings. The number of nitrogens with one attached hydrogen (secondary N) is 1. The maximum Gasteiger partial charge on any atom is 0.178 e. The van der Waals surface area contributed by atoms with E-state index in [0.29, 0.717) is 0 Å². The van der Waals surface area contributed by atoms with Gasteiger partial charge < -0.3 is 15.0 Å². The van der Waals surface area contributed by atoms with E-state index in [1.54, 1.807) is 19.6 Å². The molecule has 0 amide bonds. The molecule has 2 unspecified atom stereocenters. The zero-order valence-corrected chi connectivity index (χ0v) is 15.6. The Hall–Kier alpha value is -2.77. The lowest BCUT2D eigenvalue weighted by Gasteiger charge is -2.41. The number of hydrogen-bond acceptors (Lipinski definition) is 7. The van der Waals surface area contributed by atoms with Gasteiger partial charge in [-0.2, -0.15) is 0 Å². The highest BCUT2D eigenvalue weighted by molar-refractivity contribution is 6.07. The number of ether oxygens (including phenoxy) is 1. The topological polar surface area (TPSA) is 65.9 Å². The Bertz CT molecular complexity index is 820. The smallest absolute Gasteiger partial charge is 0.178 e. The van der Waals surface area contributed by atoms with E-state index in [1.165, 1.54) is 5.56 Å². The van der Waals surface area contributed by atoms with Gasteiger partial charge in [0.15, 0.2) is 6.29 Å². The van der Waals surface area contributed by atoms with Crippen LogP contribution in [-0.2, 0) is 0 Å². The number of methoxy groups -OCH3 is 1. The van der Waals surface area contributed by atoms with E-state index >= 15 is 0 Å². The highest BCUT2D eigenvalue weighted by Gasteiger charge is 2.29. The molecule has 27 heavy (non-hydrogen) atoms. The van der Waals surface area contributed by atoms with E-state index in [4.69, 9.17) is 9.73 Å². The van der Waals surface area contributed by atoms with Gasteiger partial charge in [-0.25, -0.2) is 15.0 Å². The number of aromatic nitrogens is 2. The molecule has 7 nitrogen and oxygen atoms in total. The summed E-state index contributed by atoms with van der Waals surface area (Å²) in [6.07, 6.45) is 7.34. The van der Waals surface area contributed by atoms with Crippen LogP contribution in [0.2, 0.25) is 0 Å². The summed E-state index contributed by atoms with van der Waals surface area (Å²) in [5.41, 5.74) is 3.00. The molecule has 0 bridgehead atoms. The van der Waals surface area contributed by atoms with E-state index in [0.717, 1.165) is 36.8 Å². The third-order valence-corrected chi connectivity index (χ3v) is 4.98. The fourth-order valence-corrected chi connectivity index (χ4v) is 3.50. The number of benzene rings is 1. The average molecular weight is 364 g/mol. The van der Waals surface area contributed by atoms with Gasteiger partial charge in [-0.05, 0) is 29.8 Å². The summed E-state index contributed by atoms with van der Waals surface area (Å²) in [6, 6.07) is 10.4. The second-order valence-electron chi connectivity index (χ2n) is 6.71. The summed E-state index contributed by atoms with van der Waals surface area (Å²) < 4.78 is 5.27. The van der Waals surface area contributed by atoms with Crippen molar-refractivity contribution in [2.24, 2.45) is 4.99 Å². The van der Waals surface area contributed by atoms with Crippen molar-refractivity contribution < 1.29 is 4.74 Å². The van der Waals surface area contributed by atoms with Crippen LogP contribution in [0.4, 0.5) is 0 Å². The zero-order valence-electron chi connectivity index (χ0n) is 15.6. The van der Waals surface area contributed by atoms with Crippen LogP contribution >= 0.6 is 0 Å². The molecule has 0 aliphatic carbocycles. The van der Waals surface area contributed by atoms with Crippen molar-refractivity contribution >= 4 is 5.71 Å². The Balaban J connectivity index is 1.52. The van der Waals surface area contributed by atoms with Gasteiger partial charge in [0.2, 0.25) is 0 Å². The lowest BCUT2D eigenvalue weighted by Crippen LogP contribution is -2.54. The molecule has 0 radical (unpaired) electrons. The third-order valence-electron chi connectivity index (χ3n) is 4.98. The van der Waals surface area contributed by atoms with Gasteiger partial charge in [-0.15, -0.1) is 0 Å². The largest absolute Gasteiger partial charge is 0.497 e. The van der Waals surface area contributed by atoms with Gasteiger partial charge in [0.25, 0.3) is 0 Å². The first-order valence-corrected chi connectivity index (χ1v) is 9.10. The fourth-order valence-electron chi connectivity index (χ4n) is 3.50. The Kier molecular flexibility index (Phi) is 5.13. The van der Waals surface area contributed by atoms with Gasteiger partial charge in [-0.1, -0.05) is 12.1 Å². The molecule has 0 spiro atoms. The predicted octanol–water partition coefficient (Wildman–Crippen LogP) is 1.66. The summed E-state index contributed by atoms with van der Waals surface area (Å²) in [7, 11) is 3.75. The molecule has 3 heterocycles. The molecule has 1 saturated heterocycles. The minimum absolute atomic E-state index is 0.0391. The van der Waals surface area contributed by atoms with Crippen molar-refractivity contribution in [3.05, 3.63) is 66.4 Å². The van der Waals surface area contributed by atoms with Crippen LogP contribution < -0.4 is 10.1 Å². The fraction of sp³-hybridized carbons (Fsp3) is 0.350. The number of allylic oxidation sites excluding steroid dienone is 1. The molecule has 4 rings (SSSR count). The predicted molar refractivity (Wildman–Crippen MR) is 105 cm³/mol. The highest BCUT2D eigenvalue weighted by atomic mass is 16.5. The first kappa shape index (κ1) is 17.6. The van der Waals surface area contributed by atoms with Crippen molar-refractivity contribution in [3.63, 3.8) is 0 Å². The van der Waals surface area contributed by atoms with E-state index in [-0.39, 0.29) is 12.3 Å². The molecule has 1 aromatic heterocycles. The van der Waals surface area contributed by atoms with Crippen molar-refractivity contribution in [1.82, 2.24) is 25.1 Å². The molecule has 2 aliphatic heterocycles. The standard InChI is InChI=1S/C20H24N6O/c1-25-11-8-18(17-7-9-21-14-23-17)24-20(25)26-12-10-22-19(13-26)15-3-5-16(27-2)6-4-15/h3-9,11,14,19-20,22H,10,12-13H2,1-2H3. The van der Waals surface area contributed by atoms with Crippen molar-refractivity contribution in [1.29, 1.82) is 0 Å². The quantitative estimate of drug-likeness (QED) is 0.890. The number of hydrogen-bond donors (Lipinski definition) is 1. The monoisotopic (exact) mass is 364 g/mol. The molecule has 2 atom stereocenters. The van der Waals surface area contributed by atoms with Gasteiger partial charge in [-0.3, -0.25) is 4.90 Å². The summed E-state index contributed by atoms with van der Waals surface area (Å²) in [4.78, 5) is 17.8. The Labute approximate surface area is 159 Å². The van der Waals surface area contributed by atoms with Gasteiger partial charge in [0, 0.05) is 45.1 Å². The Morgan fingerprint density at radius 3 is 2.78 bits per heavy atom. The first-order chi connectivity index (χ1) is 13.2. The summed E-state index contributed by atoms with van der Waals surface area (Å²) in [5, 5.41) is 3.61. The van der Waals surface area contributed by atoms with Crippen LogP contribution in [0, 0.1) is 0 Å². The van der Waals surface area contributed by atoms with Gasteiger partial charge in [0.05, 0.1) is 18.5 Å². The average Bonchev–Trinajstić information content (AvgIpc) is 2.75. The number of aliphatic imine (C=N–C) groups is 1. The van der Waals surface area contributed by atoms with Gasteiger partial charge in [0.1, 0.15) is 12.1 Å².